The highest BCUT2D eigenvalue weighted by Crippen LogP contribution is 2.38. The highest BCUT2D eigenvalue weighted by atomic mass is 19.1. The molecule has 0 spiro atoms. The summed E-state index contributed by atoms with van der Waals surface area (Å²) in [4.78, 5) is 0. The minimum absolute atomic E-state index is 0.198. The number of hydrogen-bond acceptors (Lipinski definition) is 5. The van der Waals surface area contributed by atoms with Gasteiger partial charge in [0.25, 0.3) is 0 Å². The van der Waals surface area contributed by atoms with E-state index in [9.17, 15) is 9.50 Å². The summed E-state index contributed by atoms with van der Waals surface area (Å²) in [7, 11) is 3.08. The number of benzene rings is 2. The third kappa shape index (κ3) is 2.72. The molecule has 124 valence electrons. The summed E-state index contributed by atoms with van der Waals surface area (Å²) in [5, 5.41) is 13.8. The van der Waals surface area contributed by atoms with Gasteiger partial charge in [-0.05, 0) is 24.3 Å². The van der Waals surface area contributed by atoms with Gasteiger partial charge in [0.15, 0.2) is 5.76 Å². The molecule has 0 atom stereocenters. The lowest BCUT2D eigenvalue weighted by Gasteiger charge is -2.09. The van der Waals surface area contributed by atoms with E-state index < -0.39 is 5.82 Å². The second-order valence-corrected chi connectivity index (χ2v) is 5.04. The van der Waals surface area contributed by atoms with E-state index in [1.807, 2.05) is 0 Å². The Bertz CT molecular complexity index is 860. The van der Waals surface area contributed by atoms with Gasteiger partial charge in [0.1, 0.15) is 23.0 Å². The zero-order valence-electron chi connectivity index (χ0n) is 13.2. The summed E-state index contributed by atoms with van der Waals surface area (Å²) in [5.74, 6) is 0.886. The molecule has 0 fully saturated rings. The molecule has 3 aromatic rings. The van der Waals surface area contributed by atoms with E-state index in [1.165, 1.54) is 13.2 Å². The van der Waals surface area contributed by atoms with Gasteiger partial charge in [-0.3, -0.25) is 0 Å². The maximum absolute atomic E-state index is 14.0. The summed E-state index contributed by atoms with van der Waals surface area (Å²) >= 11 is 0. The van der Waals surface area contributed by atoms with Gasteiger partial charge in [0, 0.05) is 11.6 Å². The Morgan fingerprint density at radius 1 is 1.08 bits per heavy atom. The molecule has 0 unspecified atom stereocenters. The number of methoxy groups -OCH3 is 2. The molecule has 6 heteroatoms. The van der Waals surface area contributed by atoms with Crippen molar-refractivity contribution < 1.29 is 23.5 Å². The van der Waals surface area contributed by atoms with Crippen LogP contribution in [-0.4, -0.2) is 24.5 Å². The Morgan fingerprint density at radius 3 is 2.54 bits per heavy atom. The van der Waals surface area contributed by atoms with Crippen molar-refractivity contribution in [3.8, 4) is 34.1 Å². The van der Waals surface area contributed by atoms with Crippen molar-refractivity contribution in [2.45, 2.75) is 6.61 Å². The Kier molecular flexibility index (Phi) is 4.48. The minimum Gasteiger partial charge on any atom is -0.497 e. The largest absolute Gasteiger partial charge is 0.497 e. The standard InChI is InChI=1S/C18H16FNO4/c1-22-11-7-8-13(16(9-11)23-2)17-14(10-21)18(24-20-17)12-5-3-4-6-15(12)19/h3-9,21H,10H2,1-2H3. The molecule has 0 amide bonds. The fraction of sp³-hybridized carbons (Fsp3) is 0.167. The third-order valence-electron chi connectivity index (χ3n) is 3.73. The van der Waals surface area contributed by atoms with E-state index in [1.54, 1.807) is 43.5 Å². The van der Waals surface area contributed by atoms with Crippen LogP contribution in [0.2, 0.25) is 0 Å². The maximum atomic E-state index is 14.0. The van der Waals surface area contributed by atoms with Gasteiger partial charge in [-0.15, -0.1) is 0 Å². The van der Waals surface area contributed by atoms with Crippen molar-refractivity contribution in [1.82, 2.24) is 5.16 Å². The Morgan fingerprint density at radius 2 is 1.88 bits per heavy atom. The van der Waals surface area contributed by atoms with Crippen LogP contribution in [0.4, 0.5) is 4.39 Å². The van der Waals surface area contributed by atoms with E-state index in [2.05, 4.69) is 5.16 Å². The lowest BCUT2D eigenvalue weighted by molar-refractivity contribution is 0.281. The topological polar surface area (TPSA) is 64.7 Å². The lowest BCUT2D eigenvalue weighted by atomic mass is 10.0. The highest BCUT2D eigenvalue weighted by Gasteiger charge is 2.22. The number of ether oxygens (including phenoxy) is 2. The molecule has 2 aromatic carbocycles. The molecule has 3 rings (SSSR count). The normalized spacial score (nSPS) is 10.7. The molecule has 1 N–H and O–H groups in total. The zero-order chi connectivity index (χ0) is 17.1. The van der Waals surface area contributed by atoms with E-state index in [0.717, 1.165) is 0 Å². The van der Waals surface area contributed by atoms with Gasteiger partial charge < -0.3 is 19.1 Å². The molecule has 0 saturated heterocycles. The van der Waals surface area contributed by atoms with Crippen LogP contribution in [0.15, 0.2) is 47.0 Å². The number of nitrogens with zero attached hydrogens (tertiary/aromatic N) is 1. The first-order valence-corrected chi connectivity index (χ1v) is 7.26. The molecule has 0 saturated carbocycles. The number of aliphatic hydroxyl groups excluding tert-OH is 1. The quantitative estimate of drug-likeness (QED) is 0.774. The van der Waals surface area contributed by atoms with Crippen LogP contribution in [0, 0.1) is 5.82 Å². The summed E-state index contributed by atoms with van der Waals surface area (Å²) in [6.07, 6.45) is 0. The van der Waals surface area contributed by atoms with Gasteiger partial charge in [0.05, 0.1) is 32.0 Å². The molecule has 0 aliphatic heterocycles. The van der Waals surface area contributed by atoms with E-state index in [4.69, 9.17) is 14.0 Å². The smallest absolute Gasteiger partial charge is 0.175 e. The summed E-state index contributed by atoms with van der Waals surface area (Å²) in [6, 6.07) is 11.4. The molecule has 0 aliphatic rings. The summed E-state index contributed by atoms with van der Waals surface area (Å²) in [6.45, 7) is -0.350. The van der Waals surface area contributed by atoms with Crippen LogP contribution >= 0.6 is 0 Å². The first kappa shape index (κ1) is 16.0. The van der Waals surface area contributed by atoms with E-state index in [0.29, 0.717) is 28.3 Å². The van der Waals surface area contributed by atoms with Gasteiger partial charge in [-0.1, -0.05) is 17.3 Å². The second-order valence-electron chi connectivity index (χ2n) is 5.04. The lowest BCUT2D eigenvalue weighted by Crippen LogP contribution is -1.94. The molecular formula is C18H16FNO4. The van der Waals surface area contributed by atoms with Crippen LogP contribution in [0.3, 0.4) is 0 Å². The van der Waals surface area contributed by atoms with Gasteiger partial charge in [-0.2, -0.15) is 0 Å². The zero-order valence-corrected chi connectivity index (χ0v) is 13.2. The van der Waals surface area contributed by atoms with E-state index >= 15 is 0 Å². The average Bonchev–Trinajstić information content (AvgIpc) is 3.05. The van der Waals surface area contributed by atoms with Crippen molar-refractivity contribution >= 4 is 0 Å². The summed E-state index contributed by atoms with van der Waals surface area (Å²) in [5.41, 5.74) is 1.65. The van der Waals surface area contributed by atoms with Gasteiger partial charge >= 0.3 is 0 Å². The number of halogens is 1. The molecule has 24 heavy (non-hydrogen) atoms. The number of rotatable bonds is 5. The second kappa shape index (κ2) is 6.72. The molecule has 0 aliphatic carbocycles. The van der Waals surface area contributed by atoms with Crippen LogP contribution in [0.1, 0.15) is 5.56 Å². The van der Waals surface area contributed by atoms with Crippen molar-refractivity contribution in [3.05, 3.63) is 53.8 Å². The Hall–Kier alpha value is -2.86. The van der Waals surface area contributed by atoms with Crippen LogP contribution in [-0.2, 0) is 6.61 Å². The average molecular weight is 329 g/mol. The predicted molar refractivity (Wildman–Crippen MR) is 86.4 cm³/mol. The van der Waals surface area contributed by atoms with Gasteiger partial charge in [-0.25, -0.2) is 4.39 Å². The van der Waals surface area contributed by atoms with E-state index in [-0.39, 0.29) is 17.9 Å². The fourth-order valence-corrected chi connectivity index (χ4v) is 2.52. The fourth-order valence-electron chi connectivity index (χ4n) is 2.52. The molecule has 0 radical (unpaired) electrons. The van der Waals surface area contributed by atoms with Crippen molar-refractivity contribution in [3.63, 3.8) is 0 Å². The monoisotopic (exact) mass is 329 g/mol. The van der Waals surface area contributed by atoms with Crippen molar-refractivity contribution in [2.75, 3.05) is 14.2 Å². The molecule has 1 aromatic heterocycles. The maximum Gasteiger partial charge on any atom is 0.175 e. The molecule has 5 nitrogen and oxygen atoms in total. The van der Waals surface area contributed by atoms with Gasteiger partial charge in [0.2, 0.25) is 0 Å². The molecule has 0 bridgehead atoms. The summed E-state index contributed by atoms with van der Waals surface area (Å²) < 4.78 is 29.9. The number of aromatic nitrogens is 1. The molecular weight excluding hydrogens is 313 g/mol. The van der Waals surface area contributed by atoms with Crippen molar-refractivity contribution in [1.29, 1.82) is 0 Å². The minimum atomic E-state index is -0.448. The van der Waals surface area contributed by atoms with Crippen LogP contribution < -0.4 is 9.47 Å². The highest BCUT2D eigenvalue weighted by molar-refractivity contribution is 5.76. The number of aliphatic hydroxyl groups is 1. The first-order valence-electron chi connectivity index (χ1n) is 7.26. The van der Waals surface area contributed by atoms with Crippen LogP contribution in [0.25, 0.3) is 22.6 Å². The Labute approximate surface area is 138 Å². The molecule has 1 heterocycles. The SMILES string of the molecule is COc1ccc(-c2noc(-c3ccccc3F)c2CO)c(OC)c1. The van der Waals surface area contributed by atoms with Crippen LogP contribution in [0.5, 0.6) is 11.5 Å². The Balaban J connectivity index is 2.16. The first-order chi connectivity index (χ1) is 11.7. The third-order valence-corrected chi connectivity index (χ3v) is 3.73. The van der Waals surface area contributed by atoms with Crippen molar-refractivity contribution in [2.24, 2.45) is 0 Å². The predicted octanol–water partition coefficient (Wildman–Crippen LogP) is 3.66. The number of hydrogen-bond donors (Lipinski definition) is 1.